The predicted octanol–water partition coefficient (Wildman–Crippen LogP) is 2.63. The number of likely N-dealkylation sites (tertiary alicyclic amines) is 1. The zero-order chi connectivity index (χ0) is 18.9. The van der Waals surface area contributed by atoms with Crippen LogP contribution in [0.2, 0.25) is 0 Å². The summed E-state index contributed by atoms with van der Waals surface area (Å²) in [4.78, 5) is 38.0. The Balaban J connectivity index is 1.82. The number of benzene rings is 1. The van der Waals surface area contributed by atoms with Gasteiger partial charge in [-0.15, -0.1) is 0 Å². The van der Waals surface area contributed by atoms with Crippen LogP contribution in [0.25, 0.3) is 0 Å². The first kappa shape index (κ1) is 19.9. The molecular formula is C20H28N2O4. The lowest BCUT2D eigenvalue weighted by Gasteiger charge is -2.31. The van der Waals surface area contributed by atoms with Gasteiger partial charge in [0.05, 0.1) is 12.7 Å². The minimum Gasteiger partial charge on any atom is -0.465 e. The van der Waals surface area contributed by atoms with Crippen molar-refractivity contribution in [1.29, 1.82) is 0 Å². The largest absolute Gasteiger partial charge is 0.465 e. The Bertz CT molecular complexity index is 619. The molecule has 0 unspecified atom stereocenters. The van der Waals surface area contributed by atoms with E-state index in [1.165, 1.54) is 7.11 Å². The van der Waals surface area contributed by atoms with Gasteiger partial charge in [0.1, 0.15) is 0 Å². The van der Waals surface area contributed by atoms with Gasteiger partial charge in [-0.3, -0.25) is 9.59 Å². The third kappa shape index (κ3) is 5.31. The molecule has 142 valence electrons. The van der Waals surface area contributed by atoms with Crippen LogP contribution in [0.3, 0.4) is 0 Å². The molecule has 0 spiro atoms. The quantitative estimate of drug-likeness (QED) is 0.599. The van der Waals surface area contributed by atoms with E-state index in [1.54, 1.807) is 29.2 Å². The number of carbonyl (C=O) groups excluding carboxylic acids is 3. The Morgan fingerprint density at radius 2 is 1.69 bits per heavy atom. The zero-order valence-electron chi connectivity index (χ0n) is 15.6. The molecule has 1 aromatic carbocycles. The number of amides is 2. The van der Waals surface area contributed by atoms with Crippen LogP contribution in [0.4, 0.5) is 0 Å². The molecule has 1 N–H and O–H groups in total. The third-order valence-corrected chi connectivity index (χ3v) is 4.79. The summed E-state index contributed by atoms with van der Waals surface area (Å²) in [5.74, 6) is -0.393. The van der Waals surface area contributed by atoms with Gasteiger partial charge in [0, 0.05) is 31.1 Å². The highest BCUT2D eigenvalue weighted by atomic mass is 16.5. The molecule has 6 heteroatoms. The highest BCUT2D eigenvalue weighted by Gasteiger charge is 2.27. The first-order valence-corrected chi connectivity index (χ1v) is 9.32. The molecule has 26 heavy (non-hydrogen) atoms. The minimum atomic E-state index is -0.422. The van der Waals surface area contributed by atoms with Gasteiger partial charge < -0.3 is 15.0 Å². The average Bonchev–Trinajstić information content (AvgIpc) is 2.70. The van der Waals surface area contributed by atoms with Crippen LogP contribution >= 0.6 is 0 Å². The molecule has 1 aliphatic heterocycles. The van der Waals surface area contributed by atoms with Gasteiger partial charge in [0.25, 0.3) is 5.91 Å². The number of hydrogen-bond donors (Lipinski definition) is 1. The predicted molar refractivity (Wildman–Crippen MR) is 98.9 cm³/mol. The highest BCUT2D eigenvalue weighted by Crippen LogP contribution is 2.19. The van der Waals surface area contributed by atoms with Crippen molar-refractivity contribution in [3.63, 3.8) is 0 Å². The lowest BCUT2D eigenvalue weighted by atomic mass is 9.95. The number of esters is 1. The maximum Gasteiger partial charge on any atom is 0.337 e. The minimum absolute atomic E-state index is 0.0117. The van der Waals surface area contributed by atoms with Gasteiger partial charge in [0.2, 0.25) is 5.91 Å². The van der Waals surface area contributed by atoms with E-state index in [9.17, 15) is 14.4 Å². The van der Waals surface area contributed by atoms with E-state index in [0.717, 1.165) is 25.8 Å². The lowest BCUT2D eigenvalue weighted by molar-refractivity contribution is -0.126. The highest BCUT2D eigenvalue weighted by molar-refractivity contribution is 5.96. The first-order chi connectivity index (χ1) is 12.6. The van der Waals surface area contributed by atoms with Gasteiger partial charge in [-0.25, -0.2) is 4.79 Å². The number of unbranched alkanes of at least 4 members (excludes halogenated alkanes) is 2. The number of carbonyl (C=O) groups is 3. The number of rotatable bonds is 7. The fraction of sp³-hybridized carbons (Fsp3) is 0.550. The molecule has 2 rings (SSSR count). The van der Waals surface area contributed by atoms with E-state index < -0.39 is 5.97 Å². The Hall–Kier alpha value is -2.37. The smallest absolute Gasteiger partial charge is 0.337 e. The van der Waals surface area contributed by atoms with Crippen molar-refractivity contribution in [2.75, 3.05) is 26.7 Å². The monoisotopic (exact) mass is 360 g/mol. The topological polar surface area (TPSA) is 75.7 Å². The molecule has 0 radical (unpaired) electrons. The van der Waals surface area contributed by atoms with E-state index in [2.05, 4.69) is 17.0 Å². The summed E-state index contributed by atoms with van der Waals surface area (Å²) >= 11 is 0. The number of hydrogen-bond acceptors (Lipinski definition) is 4. The zero-order valence-corrected chi connectivity index (χ0v) is 15.6. The van der Waals surface area contributed by atoms with Crippen molar-refractivity contribution in [2.24, 2.45) is 5.92 Å². The Morgan fingerprint density at radius 1 is 1.08 bits per heavy atom. The normalized spacial score (nSPS) is 14.8. The van der Waals surface area contributed by atoms with Crippen molar-refractivity contribution in [1.82, 2.24) is 10.2 Å². The molecule has 1 fully saturated rings. The van der Waals surface area contributed by atoms with Crippen molar-refractivity contribution in [3.8, 4) is 0 Å². The van der Waals surface area contributed by atoms with Crippen molar-refractivity contribution in [3.05, 3.63) is 35.4 Å². The SMILES string of the molecule is CCCCCNC(=O)C1CCN(C(=O)c2ccc(C(=O)OC)cc2)CC1. The van der Waals surface area contributed by atoms with Gasteiger partial charge >= 0.3 is 5.97 Å². The third-order valence-electron chi connectivity index (χ3n) is 4.79. The van der Waals surface area contributed by atoms with Crippen molar-refractivity contribution >= 4 is 17.8 Å². The van der Waals surface area contributed by atoms with Gasteiger partial charge in [-0.1, -0.05) is 19.8 Å². The molecule has 2 amide bonds. The molecule has 1 aromatic rings. The molecule has 1 heterocycles. The van der Waals surface area contributed by atoms with Crippen molar-refractivity contribution in [2.45, 2.75) is 39.0 Å². The van der Waals surface area contributed by atoms with E-state index in [4.69, 9.17) is 0 Å². The molecular weight excluding hydrogens is 332 g/mol. The summed E-state index contributed by atoms with van der Waals surface area (Å²) < 4.78 is 4.66. The Morgan fingerprint density at radius 3 is 2.27 bits per heavy atom. The van der Waals surface area contributed by atoms with Crippen LogP contribution in [0, 0.1) is 5.92 Å². The maximum absolute atomic E-state index is 12.6. The van der Waals surface area contributed by atoms with Gasteiger partial charge in [0.15, 0.2) is 0 Å². The van der Waals surface area contributed by atoms with Crippen LogP contribution < -0.4 is 5.32 Å². The number of nitrogens with zero attached hydrogens (tertiary/aromatic N) is 1. The van der Waals surface area contributed by atoms with E-state index in [0.29, 0.717) is 37.1 Å². The van der Waals surface area contributed by atoms with Crippen LogP contribution in [0.1, 0.15) is 59.7 Å². The fourth-order valence-corrected chi connectivity index (χ4v) is 3.13. The second-order valence-electron chi connectivity index (χ2n) is 6.63. The number of ether oxygens (including phenoxy) is 1. The fourth-order valence-electron chi connectivity index (χ4n) is 3.13. The molecule has 0 saturated carbocycles. The lowest BCUT2D eigenvalue weighted by Crippen LogP contribution is -2.43. The standard InChI is InChI=1S/C20H28N2O4/c1-3-4-5-12-21-18(23)15-10-13-22(14-11-15)19(24)16-6-8-17(9-7-16)20(25)26-2/h6-9,15H,3-5,10-14H2,1-2H3,(H,21,23). The second-order valence-corrected chi connectivity index (χ2v) is 6.63. The van der Waals surface area contributed by atoms with Crippen LogP contribution in [-0.4, -0.2) is 49.4 Å². The molecule has 0 atom stereocenters. The summed E-state index contributed by atoms with van der Waals surface area (Å²) in [5, 5.41) is 3.00. The molecule has 1 saturated heterocycles. The van der Waals surface area contributed by atoms with Crippen LogP contribution in [0.5, 0.6) is 0 Å². The second kappa shape index (κ2) is 9.94. The average molecular weight is 360 g/mol. The molecule has 6 nitrogen and oxygen atoms in total. The molecule has 0 aliphatic carbocycles. The van der Waals surface area contributed by atoms with Crippen molar-refractivity contribution < 1.29 is 19.1 Å². The number of methoxy groups -OCH3 is 1. The summed E-state index contributed by atoms with van der Waals surface area (Å²) in [6, 6.07) is 6.47. The molecule has 0 aromatic heterocycles. The van der Waals surface area contributed by atoms with E-state index >= 15 is 0 Å². The first-order valence-electron chi connectivity index (χ1n) is 9.32. The summed E-state index contributed by atoms with van der Waals surface area (Å²) in [6.45, 7) is 4.02. The van der Waals surface area contributed by atoms with E-state index in [1.807, 2.05) is 0 Å². The molecule has 0 bridgehead atoms. The summed E-state index contributed by atoms with van der Waals surface area (Å²) in [7, 11) is 1.32. The number of piperidine rings is 1. The van der Waals surface area contributed by atoms with Crippen LogP contribution in [0.15, 0.2) is 24.3 Å². The van der Waals surface area contributed by atoms with E-state index in [-0.39, 0.29) is 17.7 Å². The maximum atomic E-state index is 12.6. The molecule has 1 aliphatic rings. The van der Waals surface area contributed by atoms with Gasteiger partial charge in [-0.2, -0.15) is 0 Å². The van der Waals surface area contributed by atoms with Gasteiger partial charge in [-0.05, 0) is 43.5 Å². The number of nitrogens with one attached hydrogen (secondary N) is 1. The summed E-state index contributed by atoms with van der Waals surface area (Å²) in [5.41, 5.74) is 0.961. The summed E-state index contributed by atoms with van der Waals surface area (Å²) in [6.07, 6.45) is 4.65. The Kier molecular flexibility index (Phi) is 7.63. The Labute approximate surface area is 154 Å². The van der Waals surface area contributed by atoms with Crippen LogP contribution in [-0.2, 0) is 9.53 Å².